The highest BCUT2D eigenvalue weighted by Crippen LogP contribution is 2.29. The maximum atomic E-state index is 6.46. The minimum atomic E-state index is -0.252. The smallest absolute Gasteiger partial charge is 0.0772 e. The van der Waals surface area contributed by atoms with E-state index in [4.69, 9.17) is 5.73 Å². The van der Waals surface area contributed by atoms with Crippen molar-refractivity contribution in [1.82, 2.24) is 19.4 Å². The summed E-state index contributed by atoms with van der Waals surface area (Å²) < 4.78 is 4.74. The van der Waals surface area contributed by atoms with E-state index in [1.54, 1.807) is 6.20 Å². The Kier molecular flexibility index (Phi) is 3.58. The summed E-state index contributed by atoms with van der Waals surface area (Å²) in [6.45, 7) is 2.98. The summed E-state index contributed by atoms with van der Waals surface area (Å²) >= 11 is 3.55. The van der Waals surface area contributed by atoms with Crippen molar-refractivity contribution < 1.29 is 0 Å². The zero-order chi connectivity index (χ0) is 14.1. The van der Waals surface area contributed by atoms with Gasteiger partial charge in [0, 0.05) is 18.3 Å². The van der Waals surface area contributed by atoms with Gasteiger partial charge < -0.3 is 5.73 Å². The zero-order valence-corrected chi connectivity index (χ0v) is 12.8. The summed E-state index contributed by atoms with van der Waals surface area (Å²) in [7, 11) is 0. The van der Waals surface area contributed by atoms with Gasteiger partial charge in [-0.1, -0.05) is 13.0 Å². The molecule has 0 aliphatic rings. The number of halogens is 1. The number of fused-ring (bicyclic) bond motifs is 1. The quantitative estimate of drug-likeness (QED) is 0.798. The van der Waals surface area contributed by atoms with Gasteiger partial charge in [-0.2, -0.15) is 10.2 Å². The van der Waals surface area contributed by atoms with Gasteiger partial charge in [-0.15, -0.1) is 0 Å². The minimum absolute atomic E-state index is 0.252. The molecule has 3 heterocycles. The molecular formula is C14H16BrN5. The molecule has 0 radical (unpaired) electrons. The van der Waals surface area contributed by atoms with Crippen molar-refractivity contribution in [3.63, 3.8) is 0 Å². The molecule has 1 atom stereocenters. The predicted octanol–water partition coefficient (Wildman–Crippen LogP) is 2.75. The first-order chi connectivity index (χ1) is 9.72. The van der Waals surface area contributed by atoms with Crippen molar-refractivity contribution in [3.8, 4) is 0 Å². The number of pyridine rings is 1. The fraction of sp³-hybridized carbons (Fsp3) is 0.286. The Balaban J connectivity index is 2.08. The fourth-order valence-corrected chi connectivity index (χ4v) is 2.96. The maximum Gasteiger partial charge on any atom is 0.0772 e. The molecule has 1 unspecified atom stereocenters. The van der Waals surface area contributed by atoms with Gasteiger partial charge in [-0.25, -0.2) is 4.52 Å². The molecule has 6 heteroatoms. The summed E-state index contributed by atoms with van der Waals surface area (Å²) in [5, 5.41) is 8.73. The number of hydrogen-bond donors (Lipinski definition) is 1. The molecule has 0 saturated carbocycles. The van der Waals surface area contributed by atoms with E-state index in [1.165, 1.54) is 0 Å². The lowest BCUT2D eigenvalue weighted by Crippen LogP contribution is -2.18. The maximum absolute atomic E-state index is 6.46. The Morgan fingerprint density at radius 3 is 2.95 bits per heavy atom. The van der Waals surface area contributed by atoms with Crippen molar-refractivity contribution in [1.29, 1.82) is 0 Å². The van der Waals surface area contributed by atoms with Crippen molar-refractivity contribution in [3.05, 3.63) is 52.5 Å². The van der Waals surface area contributed by atoms with Gasteiger partial charge in [-0.3, -0.25) is 4.68 Å². The van der Waals surface area contributed by atoms with Crippen LogP contribution in [0.15, 0.2) is 41.3 Å². The minimum Gasteiger partial charge on any atom is -0.319 e. The second-order valence-corrected chi connectivity index (χ2v) is 5.56. The van der Waals surface area contributed by atoms with Crippen LogP contribution < -0.4 is 5.73 Å². The van der Waals surface area contributed by atoms with Gasteiger partial charge in [0.2, 0.25) is 0 Å². The first kappa shape index (κ1) is 13.3. The molecule has 3 rings (SSSR count). The number of aromatic nitrogens is 4. The van der Waals surface area contributed by atoms with Crippen LogP contribution in [0, 0.1) is 0 Å². The molecule has 2 N–H and O–H groups in total. The first-order valence-corrected chi connectivity index (χ1v) is 7.40. The molecule has 5 nitrogen and oxygen atoms in total. The number of rotatable bonds is 4. The van der Waals surface area contributed by atoms with Crippen LogP contribution in [0.3, 0.4) is 0 Å². The van der Waals surface area contributed by atoms with E-state index in [0.717, 1.165) is 34.2 Å². The molecule has 0 bridgehead atoms. The average Bonchev–Trinajstić information content (AvgIpc) is 3.03. The lowest BCUT2D eigenvalue weighted by atomic mass is 10.1. The van der Waals surface area contributed by atoms with E-state index >= 15 is 0 Å². The molecule has 0 saturated heterocycles. The lowest BCUT2D eigenvalue weighted by molar-refractivity contribution is 0.559. The molecule has 3 aromatic rings. The summed E-state index contributed by atoms with van der Waals surface area (Å²) in [4.78, 5) is 0. The molecule has 0 aliphatic carbocycles. The Bertz CT molecular complexity index is 730. The molecular weight excluding hydrogens is 318 g/mol. The van der Waals surface area contributed by atoms with Gasteiger partial charge in [0.05, 0.1) is 34.1 Å². The first-order valence-electron chi connectivity index (χ1n) is 6.61. The van der Waals surface area contributed by atoms with Crippen LogP contribution in [0.4, 0.5) is 0 Å². The highest BCUT2D eigenvalue weighted by Gasteiger charge is 2.21. The van der Waals surface area contributed by atoms with Gasteiger partial charge in [0.15, 0.2) is 0 Å². The molecule has 3 aromatic heterocycles. The molecule has 0 amide bonds. The Labute approximate surface area is 125 Å². The van der Waals surface area contributed by atoms with E-state index in [2.05, 4.69) is 33.1 Å². The third-order valence-electron chi connectivity index (χ3n) is 3.35. The standard InChI is InChI=1S/C14H16BrN5/c1-2-6-20-14(11(15)9-18-20)13(16)10-8-17-19-7-4-3-5-12(10)19/h3-5,7-9,13H,2,6,16H2,1H3. The van der Waals surface area contributed by atoms with Crippen LogP contribution >= 0.6 is 15.9 Å². The van der Waals surface area contributed by atoms with Crippen LogP contribution in [0.1, 0.15) is 30.6 Å². The highest BCUT2D eigenvalue weighted by atomic mass is 79.9. The number of aryl methyl sites for hydroxylation is 1. The lowest BCUT2D eigenvalue weighted by Gasteiger charge is -2.14. The van der Waals surface area contributed by atoms with Crippen molar-refractivity contribution in [2.45, 2.75) is 25.9 Å². The van der Waals surface area contributed by atoms with Gasteiger partial charge in [0.25, 0.3) is 0 Å². The van der Waals surface area contributed by atoms with E-state index < -0.39 is 0 Å². The molecule has 0 spiro atoms. The third kappa shape index (κ3) is 2.14. The van der Waals surface area contributed by atoms with Crippen molar-refractivity contribution in [2.24, 2.45) is 5.73 Å². The third-order valence-corrected chi connectivity index (χ3v) is 3.97. The predicted molar refractivity (Wildman–Crippen MR) is 81.4 cm³/mol. The summed E-state index contributed by atoms with van der Waals surface area (Å²) in [5.74, 6) is 0. The fourth-order valence-electron chi connectivity index (χ4n) is 2.41. The monoisotopic (exact) mass is 333 g/mol. The zero-order valence-electron chi connectivity index (χ0n) is 11.2. The van der Waals surface area contributed by atoms with Crippen molar-refractivity contribution in [2.75, 3.05) is 0 Å². The van der Waals surface area contributed by atoms with Crippen LogP contribution in [0.2, 0.25) is 0 Å². The Morgan fingerprint density at radius 2 is 2.15 bits per heavy atom. The molecule has 0 aromatic carbocycles. The summed E-state index contributed by atoms with van der Waals surface area (Å²) in [6.07, 6.45) is 6.57. The SMILES string of the molecule is CCCn1ncc(Br)c1C(N)c1cnn2ccccc12. The van der Waals surface area contributed by atoms with Crippen molar-refractivity contribution >= 4 is 21.4 Å². The Morgan fingerprint density at radius 1 is 1.30 bits per heavy atom. The molecule has 0 aliphatic heterocycles. The van der Waals surface area contributed by atoms with Gasteiger partial charge in [-0.05, 0) is 34.5 Å². The molecule has 0 fully saturated rings. The summed E-state index contributed by atoms with van der Waals surface area (Å²) in [6, 6.07) is 5.72. The van der Waals surface area contributed by atoms with E-state index in [-0.39, 0.29) is 6.04 Å². The summed E-state index contributed by atoms with van der Waals surface area (Å²) in [5.41, 5.74) is 9.48. The topological polar surface area (TPSA) is 61.1 Å². The number of nitrogens with zero attached hydrogens (tertiary/aromatic N) is 4. The van der Waals surface area contributed by atoms with Crippen LogP contribution in [-0.2, 0) is 6.54 Å². The second-order valence-electron chi connectivity index (χ2n) is 4.71. The number of hydrogen-bond acceptors (Lipinski definition) is 3. The second kappa shape index (κ2) is 5.38. The van der Waals surface area contributed by atoms with Gasteiger partial charge in [0.1, 0.15) is 0 Å². The molecule has 20 heavy (non-hydrogen) atoms. The molecule has 104 valence electrons. The highest BCUT2D eigenvalue weighted by molar-refractivity contribution is 9.10. The average molecular weight is 334 g/mol. The van der Waals surface area contributed by atoms with Gasteiger partial charge >= 0.3 is 0 Å². The van der Waals surface area contributed by atoms with Crippen LogP contribution in [0.25, 0.3) is 5.52 Å². The normalized spacial score (nSPS) is 12.9. The van der Waals surface area contributed by atoms with Crippen LogP contribution in [-0.4, -0.2) is 19.4 Å². The number of nitrogens with two attached hydrogens (primary N) is 1. The van der Waals surface area contributed by atoms with E-state index in [1.807, 2.05) is 39.8 Å². The van der Waals surface area contributed by atoms with E-state index in [0.29, 0.717) is 0 Å². The van der Waals surface area contributed by atoms with E-state index in [9.17, 15) is 0 Å². The Hall–Kier alpha value is -1.66. The van der Waals surface area contributed by atoms with Crippen LogP contribution in [0.5, 0.6) is 0 Å². The largest absolute Gasteiger partial charge is 0.319 e.